The van der Waals surface area contributed by atoms with E-state index in [9.17, 15) is 4.79 Å². The van der Waals surface area contributed by atoms with Gasteiger partial charge in [-0.05, 0) is 87.3 Å². The normalized spacial score (nSPS) is 22.2. The van der Waals surface area contributed by atoms with E-state index in [1.54, 1.807) is 0 Å². The fraction of sp³-hybridized carbons (Fsp3) is 0.891. The van der Waals surface area contributed by atoms with Crippen LogP contribution in [-0.2, 0) is 27.9 Å². The van der Waals surface area contributed by atoms with Gasteiger partial charge < -0.3 is 23.1 Å². The molecular formula is C46H88O6S2Si2. The van der Waals surface area contributed by atoms with E-state index >= 15 is 0 Å². The van der Waals surface area contributed by atoms with E-state index in [4.69, 9.17) is 23.1 Å². The summed E-state index contributed by atoms with van der Waals surface area (Å²) in [6.45, 7) is 37.3. The van der Waals surface area contributed by atoms with Crippen LogP contribution in [0.4, 0.5) is 0 Å². The maximum Gasteiger partial charge on any atom is 0.330 e. The predicted molar refractivity (Wildman–Crippen MR) is 250 cm³/mol. The Labute approximate surface area is 357 Å². The van der Waals surface area contributed by atoms with Crippen molar-refractivity contribution in [3.8, 4) is 0 Å². The molecule has 0 aromatic carbocycles. The topological polar surface area (TPSA) is 63.2 Å². The Morgan fingerprint density at radius 3 is 1.79 bits per heavy atom. The van der Waals surface area contributed by atoms with Gasteiger partial charge in [0.2, 0.25) is 0 Å². The molecule has 56 heavy (non-hydrogen) atoms. The molecule has 0 amide bonds. The molecule has 0 unspecified atom stereocenters. The molecule has 0 radical (unpaired) electrons. The van der Waals surface area contributed by atoms with Gasteiger partial charge in [0.05, 0.1) is 16.3 Å². The molecule has 2 fully saturated rings. The van der Waals surface area contributed by atoms with E-state index in [1.165, 1.54) is 76.7 Å². The quantitative estimate of drug-likeness (QED) is 0.0280. The lowest BCUT2D eigenvalue weighted by molar-refractivity contribution is -0.303. The third-order valence-corrected chi connectivity index (χ3v) is 25.1. The van der Waals surface area contributed by atoms with Gasteiger partial charge in [-0.2, -0.15) is 0 Å². The highest BCUT2D eigenvalue weighted by molar-refractivity contribution is 8.18. The molecule has 2 saturated heterocycles. The van der Waals surface area contributed by atoms with Crippen LogP contribution >= 0.6 is 23.5 Å². The van der Waals surface area contributed by atoms with Gasteiger partial charge in [-0.25, -0.2) is 4.79 Å². The van der Waals surface area contributed by atoms with E-state index < -0.39 is 40.6 Å². The molecule has 328 valence electrons. The average Bonchev–Trinajstić information content (AvgIpc) is 3.07. The van der Waals surface area contributed by atoms with Crippen LogP contribution in [0.2, 0.25) is 36.3 Å². The molecule has 0 bridgehead atoms. The number of hydrogen-bond donors (Lipinski definition) is 0. The number of carbonyl (C=O) groups is 1. The molecule has 0 saturated carbocycles. The predicted octanol–water partition coefficient (Wildman–Crippen LogP) is 14.4. The second-order valence-corrected chi connectivity index (χ2v) is 33.0. The smallest absolute Gasteiger partial charge is 0.330 e. The molecule has 0 aliphatic carbocycles. The van der Waals surface area contributed by atoms with Gasteiger partial charge >= 0.3 is 5.97 Å². The molecule has 2 aliphatic heterocycles. The monoisotopic (exact) mass is 857 g/mol. The van der Waals surface area contributed by atoms with Crippen molar-refractivity contribution < 1.29 is 27.9 Å². The van der Waals surface area contributed by atoms with Crippen molar-refractivity contribution >= 4 is 46.1 Å². The molecule has 0 aromatic heterocycles. The summed E-state index contributed by atoms with van der Waals surface area (Å²) in [6.07, 6.45) is 22.7. The van der Waals surface area contributed by atoms with Crippen LogP contribution in [0.3, 0.4) is 0 Å². The molecule has 2 heterocycles. The Morgan fingerprint density at radius 2 is 1.29 bits per heavy atom. The first-order chi connectivity index (χ1) is 26.0. The van der Waals surface area contributed by atoms with E-state index in [-0.39, 0.29) is 32.5 Å². The molecule has 2 aliphatic rings. The largest absolute Gasteiger partial charge is 0.456 e. The molecule has 5 atom stereocenters. The first kappa shape index (κ1) is 52.1. The minimum absolute atomic E-state index is 0.00201. The van der Waals surface area contributed by atoms with Crippen molar-refractivity contribution in [1.82, 2.24) is 0 Å². The Balaban J connectivity index is 2.29. The van der Waals surface area contributed by atoms with E-state index in [2.05, 4.69) is 102 Å². The molecule has 6 nitrogen and oxygen atoms in total. The Hall–Kier alpha value is -0.0762. The van der Waals surface area contributed by atoms with Crippen molar-refractivity contribution in [2.75, 3.05) is 11.5 Å². The van der Waals surface area contributed by atoms with E-state index in [0.29, 0.717) is 6.42 Å². The van der Waals surface area contributed by atoms with Gasteiger partial charge in [0.1, 0.15) is 12.2 Å². The van der Waals surface area contributed by atoms with Crippen LogP contribution in [0.5, 0.6) is 0 Å². The molecule has 0 spiro atoms. The second-order valence-electron chi connectivity index (χ2n) is 20.3. The Morgan fingerprint density at radius 1 is 0.786 bits per heavy atom. The van der Waals surface area contributed by atoms with Gasteiger partial charge in [-0.1, -0.05) is 132 Å². The lowest BCUT2D eigenvalue weighted by atomic mass is 9.95. The highest BCUT2D eigenvalue weighted by Gasteiger charge is 2.48. The fourth-order valence-electron chi connectivity index (χ4n) is 7.44. The molecule has 0 N–H and O–H groups in total. The maximum absolute atomic E-state index is 12.9. The third-order valence-electron chi connectivity index (χ3n) is 12.7. The number of ether oxygens (including phenoxy) is 3. The van der Waals surface area contributed by atoms with Crippen LogP contribution < -0.4 is 0 Å². The van der Waals surface area contributed by atoms with Crippen LogP contribution in [-0.4, -0.2) is 74.5 Å². The van der Waals surface area contributed by atoms with Crippen molar-refractivity contribution in [1.29, 1.82) is 0 Å². The molecule has 10 heteroatoms. The number of rotatable bonds is 26. The van der Waals surface area contributed by atoms with Gasteiger partial charge in [-0.15, -0.1) is 30.1 Å². The zero-order valence-corrected chi connectivity index (χ0v) is 42.3. The summed E-state index contributed by atoms with van der Waals surface area (Å²) in [7, 11) is -4.38. The summed E-state index contributed by atoms with van der Waals surface area (Å²) in [5.41, 5.74) is 0. The van der Waals surface area contributed by atoms with Gasteiger partial charge in [0, 0.05) is 25.0 Å². The second kappa shape index (κ2) is 23.8. The summed E-state index contributed by atoms with van der Waals surface area (Å²) >= 11 is 4.02. The lowest BCUT2D eigenvalue weighted by Gasteiger charge is -2.47. The SMILES string of the molecule is C=CC(=O)O[C@H](CC1(C[C@@H](C[C@H]2C[C@@H](CCCCCCCCCCCCC)OC(C)(C)O2)O[Si](C)(C)C(C)(C)C)SCCCS1)[C@@H](C=C)O[Si](C)(C)C(C)(C)C. The molecule has 2 rings (SSSR count). The van der Waals surface area contributed by atoms with Crippen molar-refractivity contribution in [3.63, 3.8) is 0 Å². The first-order valence-electron chi connectivity index (χ1n) is 22.4. The average molecular weight is 858 g/mol. The van der Waals surface area contributed by atoms with E-state index in [0.717, 1.165) is 43.6 Å². The minimum Gasteiger partial charge on any atom is -0.456 e. The number of unbranched alkanes of at least 4 members (excludes halogenated alkanes) is 10. The van der Waals surface area contributed by atoms with Gasteiger partial charge in [0.25, 0.3) is 0 Å². The summed E-state index contributed by atoms with van der Waals surface area (Å²) in [6, 6.07) is 0. The van der Waals surface area contributed by atoms with Crippen molar-refractivity contribution in [3.05, 3.63) is 25.3 Å². The number of carbonyl (C=O) groups excluding carboxylic acids is 1. The third kappa shape index (κ3) is 18.3. The highest BCUT2D eigenvalue weighted by Crippen LogP contribution is 2.52. The summed E-state index contributed by atoms with van der Waals surface area (Å²) in [5.74, 6) is 1.07. The Bertz CT molecular complexity index is 1160. The van der Waals surface area contributed by atoms with Crippen LogP contribution in [0, 0.1) is 0 Å². The first-order valence-corrected chi connectivity index (χ1v) is 30.2. The van der Waals surface area contributed by atoms with Crippen LogP contribution in [0.25, 0.3) is 0 Å². The fourth-order valence-corrected chi connectivity index (χ4v) is 13.6. The van der Waals surface area contributed by atoms with Crippen molar-refractivity contribution in [2.24, 2.45) is 0 Å². The van der Waals surface area contributed by atoms with Crippen LogP contribution in [0.1, 0.15) is 171 Å². The lowest BCUT2D eigenvalue weighted by Crippen LogP contribution is -2.51. The summed E-state index contributed by atoms with van der Waals surface area (Å²) < 4.78 is 33.7. The van der Waals surface area contributed by atoms with Crippen molar-refractivity contribution in [2.45, 2.75) is 248 Å². The number of thioether (sulfide) groups is 2. The number of esters is 1. The molecule has 0 aromatic rings. The minimum atomic E-state index is -2.21. The standard InChI is InChI=1S/C46H88O6S2Si2/c1-16-19-20-21-22-23-24-25-26-27-28-30-37-33-38(50-45(10,11)49-37)34-39(51-55(12,13)43(4,5)6)35-46(53-31-29-32-54-46)36-41(48-42(47)18-3)40(17-2)52-56(14,15)44(7,8)9/h17-18,37-41H,2-3,16,19-36H2,1,4-15H3/t37-,38-,39-,40-,41-/m1/s1. The number of hydrogen-bond acceptors (Lipinski definition) is 8. The van der Waals surface area contributed by atoms with Gasteiger partial charge in [0.15, 0.2) is 22.4 Å². The maximum atomic E-state index is 12.9. The van der Waals surface area contributed by atoms with E-state index in [1.807, 2.05) is 29.6 Å². The Kier molecular flexibility index (Phi) is 22.1. The zero-order valence-electron chi connectivity index (χ0n) is 38.7. The highest BCUT2D eigenvalue weighted by atomic mass is 32.2. The zero-order chi connectivity index (χ0) is 42.3. The summed E-state index contributed by atoms with van der Waals surface area (Å²) in [4.78, 5) is 12.9. The molecular weight excluding hydrogens is 769 g/mol. The van der Waals surface area contributed by atoms with Gasteiger partial charge in [-0.3, -0.25) is 0 Å². The summed E-state index contributed by atoms with van der Waals surface area (Å²) in [5, 5.41) is 0.0591. The van der Waals surface area contributed by atoms with Crippen LogP contribution in [0.15, 0.2) is 25.3 Å².